The van der Waals surface area contributed by atoms with Crippen molar-refractivity contribution in [1.29, 1.82) is 0 Å². The second kappa shape index (κ2) is 4.82. The Hall–Kier alpha value is -1.81. The van der Waals surface area contributed by atoms with Gasteiger partial charge in [-0.25, -0.2) is 4.79 Å². The summed E-state index contributed by atoms with van der Waals surface area (Å²) in [6.07, 6.45) is 2.92. The number of hydrogen-bond acceptors (Lipinski definition) is 4. The molecule has 0 bridgehead atoms. The highest BCUT2D eigenvalue weighted by atomic mass is 16.7. The third-order valence-corrected chi connectivity index (χ3v) is 3.00. The molecule has 0 spiro atoms. The van der Waals surface area contributed by atoms with Gasteiger partial charge in [0.25, 0.3) is 0 Å². The fourth-order valence-electron chi connectivity index (χ4n) is 2.07. The first-order valence-electron chi connectivity index (χ1n) is 6.13. The van der Waals surface area contributed by atoms with Crippen LogP contribution in [0.1, 0.15) is 19.3 Å². The van der Waals surface area contributed by atoms with E-state index in [1.165, 1.54) is 6.07 Å². The van der Waals surface area contributed by atoms with Crippen molar-refractivity contribution < 1.29 is 13.9 Å². The van der Waals surface area contributed by atoms with Crippen molar-refractivity contribution in [3.63, 3.8) is 0 Å². The lowest BCUT2D eigenvalue weighted by molar-refractivity contribution is -0.105. The van der Waals surface area contributed by atoms with E-state index in [0.717, 1.165) is 31.3 Å². The first kappa shape index (κ1) is 11.3. The summed E-state index contributed by atoms with van der Waals surface area (Å²) in [6, 6.07) is 8.61. The van der Waals surface area contributed by atoms with Crippen molar-refractivity contribution in [3.8, 4) is 5.75 Å². The molecule has 0 N–H and O–H groups in total. The predicted octanol–water partition coefficient (Wildman–Crippen LogP) is 2.70. The largest absolute Gasteiger partial charge is 0.465 e. The van der Waals surface area contributed by atoms with Gasteiger partial charge in [0.15, 0.2) is 6.29 Å². The number of ether oxygens (including phenoxy) is 2. The van der Waals surface area contributed by atoms with Crippen LogP contribution in [0.15, 0.2) is 39.5 Å². The maximum Gasteiger partial charge on any atom is 0.336 e. The van der Waals surface area contributed by atoms with Crippen LogP contribution in [0.2, 0.25) is 0 Å². The highest BCUT2D eigenvalue weighted by Crippen LogP contribution is 2.23. The molecule has 1 aromatic carbocycles. The van der Waals surface area contributed by atoms with Crippen LogP contribution in [0, 0.1) is 0 Å². The summed E-state index contributed by atoms with van der Waals surface area (Å²) in [5, 5.41) is 0.881. The highest BCUT2D eigenvalue weighted by Gasteiger charge is 2.15. The third-order valence-electron chi connectivity index (χ3n) is 3.00. The summed E-state index contributed by atoms with van der Waals surface area (Å²) in [4.78, 5) is 11.2. The Morgan fingerprint density at radius 2 is 2.06 bits per heavy atom. The zero-order chi connectivity index (χ0) is 12.4. The molecule has 3 rings (SSSR count). The molecule has 1 aliphatic heterocycles. The van der Waals surface area contributed by atoms with Crippen molar-refractivity contribution in [1.82, 2.24) is 0 Å². The van der Waals surface area contributed by atoms with Crippen molar-refractivity contribution >= 4 is 11.0 Å². The van der Waals surface area contributed by atoms with Crippen LogP contribution in [-0.4, -0.2) is 12.9 Å². The van der Waals surface area contributed by atoms with Crippen LogP contribution in [-0.2, 0) is 4.74 Å². The topological polar surface area (TPSA) is 48.7 Å². The van der Waals surface area contributed by atoms with Crippen LogP contribution < -0.4 is 10.4 Å². The lowest BCUT2D eigenvalue weighted by Crippen LogP contribution is -2.24. The molecule has 18 heavy (non-hydrogen) atoms. The normalized spacial score (nSPS) is 19.9. The average molecular weight is 246 g/mol. The van der Waals surface area contributed by atoms with E-state index in [9.17, 15) is 4.79 Å². The minimum Gasteiger partial charge on any atom is -0.465 e. The van der Waals surface area contributed by atoms with Crippen molar-refractivity contribution in [2.45, 2.75) is 25.6 Å². The van der Waals surface area contributed by atoms with Crippen LogP contribution in [0.4, 0.5) is 0 Å². The third kappa shape index (κ3) is 2.38. The van der Waals surface area contributed by atoms with E-state index in [2.05, 4.69) is 0 Å². The summed E-state index contributed by atoms with van der Waals surface area (Å²) in [7, 11) is 0. The SMILES string of the molecule is O=c1ccc2ccc(OC3CCCCO3)cc2o1. The lowest BCUT2D eigenvalue weighted by atomic mass is 10.2. The molecular weight excluding hydrogens is 232 g/mol. The summed E-state index contributed by atoms with van der Waals surface area (Å²) in [5.41, 5.74) is 0.185. The molecule has 1 fully saturated rings. The molecule has 2 heterocycles. The molecule has 94 valence electrons. The van der Waals surface area contributed by atoms with Gasteiger partial charge in [0.05, 0.1) is 6.61 Å². The van der Waals surface area contributed by atoms with E-state index < -0.39 is 0 Å². The molecule has 1 aliphatic rings. The van der Waals surface area contributed by atoms with Crippen LogP contribution in [0.3, 0.4) is 0 Å². The molecule has 0 aliphatic carbocycles. The zero-order valence-electron chi connectivity index (χ0n) is 9.93. The summed E-state index contributed by atoms with van der Waals surface area (Å²) in [5.74, 6) is 0.670. The maximum absolute atomic E-state index is 11.2. The number of benzene rings is 1. The summed E-state index contributed by atoms with van der Waals surface area (Å²) < 4.78 is 16.3. The monoisotopic (exact) mass is 246 g/mol. The van der Waals surface area contributed by atoms with Gasteiger partial charge in [-0.05, 0) is 31.0 Å². The lowest BCUT2D eigenvalue weighted by Gasteiger charge is -2.23. The van der Waals surface area contributed by atoms with Crippen molar-refractivity contribution in [2.75, 3.05) is 6.61 Å². The van der Waals surface area contributed by atoms with Gasteiger partial charge in [-0.3, -0.25) is 0 Å². The Kier molecular flexibility index (Phi) is 3.02. The Balaban J connectivity index is 1.85. The van der Waals surface area contributed by atoms with Gasteiger partial charge in [-0.2, -0.15) is 0 Å². The molecule has 0 amide bonds. The van der Waals surface area contributed by atoms with Crippen LogP contribution in [0.5, 0.6) is 5.75 Å². The van der Waals surface area contributed by atoms with Gasteiger partial charge in [0, 0.05) is 23.9 Å². The van der Waals surface area contributed by atoms with Crippen LogP contribution in [0.25, 0.3) is 11.0 Å². The molecule has 4 nitrogen and oxygen atoms in total. The Labute approximate surface area is 104 Å². The maximum atomic E-state index is 11.2. The fraction of sp³-hybridized carbons (Fsp3) is 0.357. The molecule has 1 unspecified atom stereocenters. The molecule has 2 aromatic rings. The summed E-state index contributed by atoms with van der Waals surface area (Å²) in [6.45, 7) is 0.743. The van der Waals surface area contributed by atoms with E-state index in [1.54, 1.807) is 12.1 Å². The molecule has 1 saturated heterocycles. The van der Waals surface area contributed by atoms with Crippen molar-refractivity contribution in [2.24, 2.45) is 0 Å². The average Bonchev–Trinajstić information content (AvgIpc) is 2.39. The Bertz CT molecular complexity index is 596. The van der Waals surface area contributed by atoms with Gasteiger partial charge in [-0.15, -0.1) is 0 Å². The van der Waals surface area contributed by atoms with E-state index in [-0.39, 0.29) is 11.9 Å². The van der Waals surface area contributed by atoms with Gasteiger partial charge >= 0.3 is 5.63 Å². The van der Waals surface area contributed by atoms with E-state index in [1.807, 2.05) is 12.1 Å². The van der Waals surface area contributed by atoms with E-state index in [4.69, 9.17) is 13.9 Å². The fourth-order valence-corrected chi connectivity index (χ4v) is 2.07. The zero-order valence-corrected chi connectivity index (χ0v) is 9.93. The Morgan fingerprint density at radius 3 is 2.89 bits per heavy atom. The summed E-state index contributed by atoms with van der Waals surface area (Å²) >= 11 is 0. The number of fused-ring (bicyclic) bond motifs is 1. The quantitative estimate of drug-likeness (QED) is 0.764. The second-order valence-electron chi connectivity index (χ2n) is 4.37. The minimum atomic E-state index is -0.353. The number of hydrogen-bond donors (Lipinski definition) is 0. The first-order chi connectivity index (χ1) is 8.81. The smallest absolute Gasteiger partial charge is 0.336 e. The standard InChI is InChI=1S/C14H14O4/c15-13-7-5-10-4-6-11(9-12(10)18-13)17-14-3-1-2-8-16-14/h4-7,9,14H,1-3,8H2. The molecule has 1 aromatic heterocycles. The molecule has 0 saturated carbocycles. The minimum absolute atomic E-state index is 0.188. The highest BCUT2D eigenvalue weighted by molar-refractivity contribution is 5.77. The predicted molar refractivity (Wildman–Crippen MR) is 66.7 cm³/mol. The molecule has 4 heteroatoms. The van der Waals surface area contributed by atoms with E-state index in [0.29, 0.717) is 11.3 Å². The van der Waals surface area contributed by atoms with E-state index >= 15 is 0 Å². The number of rotatable bonds is 2. The van der Waals surface area contributed by atoms with Gasteiger partial charge < -0.3 is 13.9 Å². The van der Waals surface area contributed by atoms with Crippen LogP contribution >= 0.6 is 0 Å². The molecule has 1 atom stereocenters. The first-order valence-corrected chi connectivity index (χ1v) is 6.13. The molecular formula is C14H14O4. The second-order valence-corrected chi connectivity index (χ2v) is 4.37. The Morgan fingerprint density at radius 1 is 1.17 bits per heavy atom. The van der Waals surface area contributed by atoms with Gasteiger partial charge in [-0.1, -0.05) is 0 Å². The molecule has 0 radical (unpaired) electrons. The van der Waals surface area contributed by atoms with Gasteiger partial charge in [0.2, 0.25) is 0 Å². The van der Waals surface area contributed by atoms with Crippen molar-refractivity contribution in [3.05, 3.63) is 40.8 Å². The van der Waals surface area contributed by atoms with Gasteiger partial charge in [0.1, 0.15) is 11.3 Å².